The molecule has 2 aliphatic carbocycles. The van der Waals surface area contributed by atoms with Crippen LogP contribution >= 0.6 is 0 Å². The van der Waals surface area contributed by atoms with E-state index in [-0.39, 0.29) is 11.6 Å². The molecule has 0 unspecified atom stereocenters. The Kier molecular flexibility index (Phi) is 6.20. The second kappa shape index (κ2) is 7.67. The van der Waals surface area contributed by atoms with E-state index in [0.717, 1.165) is 12.8 Å². The molecule has 0 bridgehead atoms. The average molecular weight is 258 g/mol. The first-order valence-corrected chi connectivity index (χ1v) is 6.69. The van der Waals surface area contributed by atoms with Gasteiger partial charge in [0.1, 0.15) is 0 Å². The first-order valence-electron chi connectivity index (χ1n) is 6.69. The molecule has 0 saturated heterocycles. The standard InChI is InChI=1S/C9H12O.C8H10O/c1-3-8-4-7(2)5-9(10)6-8;1-2-7-4-3-5-8(9)6-7/h3,5,8H,1,4,6H2,2H3;2-3,5,7H,1,4,6H2/t8-;7-/m01/s1. The van der Waals surface area contributed by atoms with Crippen molar-refractivity contribution in [3.8, 4) is 0 Å². The predicted octanol–water partition coefficient (Wildman–Crippen LogP) is 3.81. The maximum absolute atomic E-state index is 10.9. The van der Waals surface area contributed by atoms with Gasteiger partial charge in [-0.25, -0.2) is 0 Å². The fraction of sp³-hybridized carbons (Fsp3) is 0.412. The lowest BCUT2D eigenvalue weighted by Gasteiger charge is -2.15. The fourth-order valence-corrected chi connectivity index (χ4v) is 2.27. The summed E-state index contributed by atoms with van der Waals surface area (Å²) >= 11 is 0. The maximum Gasteiger partial charge on any atom is 0.156 e. The summed E-state index contributed by atoms with van der Waals surface area (Å²) in [5.74, 6) is 1.25. The lowest BCUT2D eigenvalue weighted by molar-refractivity contribution is -0.116. The molecule has 2 rings (SSSR count). The molecule has 19 heavy (non-hydrogen) atoms. The van der Waals surface area contributed by atoms with Gasteiger partial charge in [-0.3, -0.25) is 9.59 Å². The molecular formula is C17H22O2. The molecule has 0 aliphatic heterocycles. The minimum Gasteiger partial charge on any atom is -0.295 e. The van der Waals surface area contributed by atoms with Crippen molar-refractivity contribution >= 4 is 11.6 Å². The molecule has 2 atom stereocenters. The first kappa shape index (κ1) is 15.4. The quantitative estimate of drug-likeness (QED) is 0.706. The molecule has 0 aromatic carbocycles. The van der Waals surface area contributed by atoms with E-state index in [4.69, 9.17) is 0 Å². The van der Waals surface area contributed by atoms with Gasteiger partial charge in [0.25, 0.3) is 0 Å². The third-order valence-corrected chi connectivity index (χ3v) is 3.33. The Morgan fingerprint density at radius 3 is 2.16 bits per heavy atom. The molecule has 0 heterocycles. The minimum atomic E-state index is 0.228. The molecule has 102 valence electrons. The number of carbonyl (C=O) groups is 2. The summed E-state index contributed by atoms with van der Waals surface area (Å²) in [7, 11) is 0. The van der Waals surface area contributed by atoms with Crippen LogP contribution in [-0.4, -0.2) is 11.6 Å². The van der Waals surface area contributed by atoms with Crippen molar-refractivity contribution in [3.05, 3.63) is 49.1 Å². The van der Waals surface area contributed by atoms with Gasteiger partial charge in [-0.15, -0.1) is 13.2 Å². The molecular weight excluding hydrogens is 236 g/mol. The highest BCUT2D eigenvalue weighted by Crippen LogP contribution is 2.21. The summed E-state index contributed by atoms with van der Waals surface area (Å²) in [6, 6.07) is 0. The van der Waals surface area contributed by atoms with Gasteiger partial charge < -0.3 is 0 Å². The van der Waals surface area contributed by atoms with Crippen molar-refractivity contribution in [2.24, 2.45) is 11.8 Å². The minimum absolute atomic E-state index is 0.228. The van der Waals surface area contributed by atoms with Crippen LogP contribution in [0.25, 0.3) is 0 Å². The zero-order chi connectivity index (χ0) is 14.3. The molecule has 0 saturated carbocycles. The molecule has 2 heteroatoms. The Morgan fingerprint density at radius 1 is 1.05 bits per heavy atom. The van der Waals surface area contributed by atoms with Gasteiger partial charge in [0.15, 0.2) is 11.6 Å². The van der Waals surface area contributed by atoms with Gasteiger partial charge in [0.05, 0.1) is 0 Å². The summed E-state index contributed by atoms with van der Waals surface area (Å²) in [6.07, 6.45) is 12.3. The molecule has 2 aliphatic rings. The van der Waals surface area contributed by atoms with E-state index in [1.807, 2.05) is 25.2 Å². The van der Waals surface area contributed by atoms with Crippen molar-refractivity contribution in [1.82, 2.24) is 0 Å². The normalized spacial score (nSPS) is 26.1. The first-order chi connectivity index (χ1) is 9.05. The lowest BCUT2D eigenvalue weighted by Crippen LogP contribution is -2.10. The maximum atomic E-state index is 10.9. The molecule has 0 spiro atoms. The predicted molar refractivity (Wildman–Crippen MR) is 78.8 cm³/mol. The van der Waals surface area contributed by atoms with Crippen LogP contribution in [0.3, 0.4) is 0 Å². The van der Waals surface area contributed by atoms with Gasteiger partial charge in [-0.2, -0.15) is 0 Å². The largest absolute Gasteiger partial charge is 0.295 e. The van der Waals surface area contributed by atoms with Crippen molar-refractivity contribution in [2.45, 2.75) is 32.6 Å². The van der Waals surface area contributed by atoms with E-state index in [1.165, 1.54) is 5.57 Å². The van der Waals surface area contributed by atoms with Gasteiger partial charge in [-0.05, 0) is 43.8 Å². The molecule has 0 fully saturated rings. The molecule has 0 aromatic rings. The monoisotopic (exact) mass is 258 g/mol. The number of allylic oxidation sites excluding steroid dienone is 6. The van der Waals surface area contributed by atoms with Gasteiger partial charge in [0.2, 0.25) is 0 Å². The molecule has 2 nitrogen and oxygen atoms in total. The molecule has 0 amide bonds. The SMILES string of the molecule is C=C[C@@H]1CC(=O)C=C(C)C1.C=C[C@@H]1CC=CC(=O)C1. The summed E-state index contributed by atoms with van der Waals surface area (Å²) in [4.78, 5) is 21.6. The second-order valence-corrected chi connectivity index (χ2v) is 5.17. The Hall–Kier alpha value is -1.70. The lowest BCUT2D eigenvalue weighted by atomic mass is 9.89. The zero-order valence-corrected chi connectivity index (χ0v) is 11.6. The van der Waals surface area contributed by atoms with Crippen LogP contribution in [0.4, 0.5) is 0 Å². The van der Waals surface area contributed by atoms with Crippen molar-refractivity contribution in [3.63, 3.8) is 0 Å². The average Bonchev–Trinajstić information content (AvgIpc) is 2.38. The van der Waals surface area contributed by atoms with Gasteiger partial charge in [-0.1, -0.05) is 23.8 Å². The van der Waals surface area contributed by atoms with E-state index >= 15 is 0 Å². The smallest absolute Gasteiger partial charge is 0.156 e. The van der Waals surface area contributed by atoms with E-state index in [9.17, 15) is 9.59 Å². The van der Waals surface area contributed by atoms with Crippen LogP contribution in [0.2, 0.25) is 0 Å². The van der Waals surface area contributed by atoms with Crippen LogP contribution in [0.1, 0.15) is 32.6 Å². The topological polar surface area (TPSA) is 34.1 Å². The highest BCUT2D eigenvalue weighted by Gasteiger charge is 2.14. The highest BCUT2D eigenvalue weighted by atomic mass is 16.1. The molecule has 0 N–H and O–H groups in total. The van der Waals surface area contributed by atoms with Crippen molar-refractivity contribution in [1.29, 1.82) is 0 Å². The Bertz CT molecular complexity index is 427. The third kappa shape index (κ3) is 5.64. The number of ketones is 2. The Balaban J connectivity index is 0.000000191. The van der Waals surface area contributed by atoms with Gasteiger partial charge >= 0.3 is 0 Å². The summed E-state index contributed by atoms with van der Waals surface area (Å²) in [5.41, 5.74) is 1.18. The number of carbonyl (C=O) groups excluding carboxylic acids is 2. The number of rotatable bonds is 2. The van der Waals surface area contributed by atoms with E-state index in [2.05, 4.69) is 13.2 Å². The van der Waals surface area contributed by atoms with E-state index in [0.29, 0.717) is 24.7 Å². The molecule has 0 aromatic heterocycles. The highest BCUT2D eigenvalue weighted by molar-refractivity contribution is 5.91. The third-order valence-electron chi connectivity index (χ3n) is 3.33. The Labute approximate surface area is 115 Å². The van der Waals surface area contributed by atoms with Crippen LogP contribution in [0.15, 0.2) is 49.1 Å². The van der Waals surface area contributed by atoms with Crippen LogP contribution in [-0.2, 0) is 9.59 Å². The van der Waals surface area contributed by atoms with Crippen LogP contribution < -0.4 is 0 Å². The number of hydrogen-bond donors (Lipinski definition) is 0. The van der Waals surface area contributed by atoms with Crippen molar-refractivity contribution < 1.29 is 9.59 Å². The van der Waals surface area contributed by atoms with Crippen molar-refractivity contribution in [2.75, 3.05) is 0 Å². The number of hydrogen-bond acceptors (Lipinski definition) is 2. The second-order valence-electron chi connectivity index (χ2n) is 5.17. The van der Waals surface area contributed by atoms with Crippen LogP contribution in [0.5, 0.6) is 0 Å². The zero-order valence-electron chi connectivity index (χ0n) is 11.6. The summed E-state index contributed by atoms with van der Waals surface area (Å²) < 4.78 is 0. The Morgan fingerprint density at radius 2 is 1.68 bits per heavy atom. The van der Waals surface area contributed by atoms with Crippen LogP contribution in [0, 0.1) is 11.8 Å². The van der Waals surface area contributed by atoms with E-state index < -0.39 is 0 Å². The molecule has 0 radical (unpaired) electrons. The fourth-order valence-electron chi connectivity index (χ4n) is 2.27. The van der Waals surface area contributed by atoms with Gasteiger partial charge in [0, 0.05) is 12.8 Å². The summed E-state index contributed by atoms with van der Waals surface area (Å²) in [6.45, 7) is 9.30. The van der Waals surface area contributed by atoms with E-state index in [1.54, 1.807) is 12.2 Å². The summed E-state index contributed by atoms with van der Waals surface area (Å²) in [5, 5.41) is 0.